The van der Waals surface area contributed by atoms with Crippen molar-refractivity contribution >= 4 is 27.8 Å². The Balaban J connectivity index is 2.29. The van der Waals surface area contributed by atoms with Crippen molar-refractivity contribution < 1.29 is 23.7 Å². The van der Waals surface area contributed by atoms with Gasteiger partial charge >= 0.3 is 5.97 Å². The molecule has 2 heterocycles. The van der Waals surface area contributed by atoms with E-state index in [0.717, 1.165) is 5.52 Å². The van der Waals surface area contributed by atoms with Crippen LogP contribution in [0, 0.1) is 0 Å². The van der Waals surface area contributed by atoms with Gasteiger partial charge in [-0.25, -0.2) is 0 Å². The number of rotatable bonds is 4. The Morgan fingerprint density at radius 2 is 1.71 bits per heavy atom. The van der Waals surface area contributed by atoms with Crippen LogP contribution in [-0.2, 0) is 16.1 Å². The molecule has 0 N–H and O–H groups in total. The summed E-state index contributed by atoms with van der Waals surface area (Å²) >= 11 is 0. The third kappa shape index (κ3) is 2.42. The zero-order chi connectivity index (χ0) is 20.0. The fraction of sp³-hybridized carbons (Fsp3) is 0.333. The van der Waals surface area contributed by atoms with Crippen LogP contribution in [0.4, 0.5) is 0 Å². The molecule has 1 aliphatic heterocycles. The number of methoxy groups -OCH3 is 3. The Labute approximate surface area is 161 Å². The molecule has 0 aliphatic carbocycles. The maximum absolute atomic E-state index is 13.4. The molecule has 0 spiro atoms. The molecule has 0 radical (unpaired) electrons. The van der Waals surface area contributed by atoms with E-state index in [9.17, 15) is 9.59 Å². The average molecular weight is 383 g/mol. The molecule has 4 rings (SSSR count). The number of pyridine rings is 1. The van der Waals surface area contributed by atoms with Crippen molar-refractivity contribution in [2.24, 2.45) is 0 Å². The molecule has 0 bridgehead atoms. The van der Waals surface area contributed by atoms with Gasteiger partial charge in [-0.3, -0.25) is 9.59 Å². The summed E-state index contributed by atoms with van der Waals surface area (Å²) in [7, 11) is 4.50. The van der Waals surface area contributed by atoms with Crippen LogP contribution in [0.2, 0.25) is 0 Å². The minimum atomic E-state index is -0.546. The second kappa shape index (κ2) is 6.74. The normalized spacial score (nSPS) is 15.5. The molecule has 7 nitrogen and oxygen atoms in total. The molecule has 28 heavy (non-hydrogen) atoms. The predicted octanol–water partition coefficient (Wildman–Crippen LogP) is 3.19. The van der Waals surface area contributed by atoms with E-state index < -0.39 is 12.1 Å². The molecule has 7 heteroatoms. The van der Waals surface area contributed by atoms with Gasteiger partial charge in [0.1, 0.15) is 6.10 Å². The number of para-hydroxylation sites is 1. The number of ether oxygens (including phenoxy) is 4. The Bertz CT molecular complexity index is 1160. The van der Waals surface area contributed by atoms with Crippen molar-refractivity contribution in [1.82, 2.24) is 4.57 Å². The highest BCUT2D eigenvalue weighted by molar-refractivity contribution is 6.01. The number of hydrogen-bond donors (Lipinski definition) is 0. The average Bonchev–Trinajstić information content (AvgIpc) is 2.70. The van der Waals surface area contributed by atoms with Crippen LogP contribution in [0.3, 0.4) is 0 Å². The van der Waals surface area contributed by atoms with Gasteiger partial charge in [-0.15, -0.1) is 0 Å². The van der Waals surface area contributed by atoms with E-state index in [1.165, 1.54) is 28.3 Å². The summed E-state index contributed by atoms with van der Waals surface area (Å²) in [5, 5.41) is 0.989. The van der Waals surface area contributed by atoms with Crippen molar-refractivity contribution in [2.75, 3.05) is 21.3 Å². The standard InChI is InChI=1S/C21H21NO6/c1-11(23)28-14-9-10-22-13-8-6-5-7-12(13)18(24)16-17(22)15(14)19(25-2)21(27-4)20(16)26-3/h5-8,14H,9-10H2,1-4H3. The van der Waals surface area contributed by atoms with Gasteiger partial charge in [0.15, 0.2) is 11.5 Å². The van der Waals surface area contributed by atoms with Crippen molar-refractivity contribution in [3.8, 4) is 17.2 Å². The van der Waals surface area contributed by atoms with Gasteiger partial charge in [-0.1, -0.05) is 12.1 Å². The van der Waals surface area contributed by atoms with Crippen LogP contribution in [0.15, 0.2) is 29.1 Å². The van der Waals surface area contributed by atoms with Crippen LogP contribution in [0.5, 0.6) is 17.2 Å². The van der Waals surface area contributed by atoms with E-state index in [1.54, 1.807) is 6.07 Å². The largest absolute Gasteiger partial charge is 0.492 e. The Morgan fingerprint density at radius 3 is 2.36 bits per heavy atom. The van der Waals surface area contributed by atoms with E-state index in [-0.39, 0.29) is 5.43 Å². The first-order valence-corrected chi connectivity index (χ1v) is 8.97. The first-order chi connectivity index (χ1) is 13.5. The summed E-state index contributed by atoms with van der Waals surface area (Å²) < 4.78 is 24.4. The molecule has 1 unspecified atom stereocenters. The second-order valence-electron chi connectivity index (χ2n) is 6.62. The lowest BCUT2D eigenvalue weighted by molar-refractivity contribution is -0.147. The van der Waals surface area contributed by atoms with Crippen LogP contribution < -0.4 is 19.6 Å². The number of esters is 1. The summed E-state index contributed by atoms with van der Waals surface area (Å²) in [5.74, 6) is 0.629. The number of fused-ring (bicyclic) bond motifs is 2. The fourth-order valence-corrected chi connectivity index (χ4v) is 4.16. The summed E-state index contributed by atoms with van der Waals surface area (Å²) in [4.78, 5) is 25.1. The minimum absolute atomic E-state index is 0.163. The topological polar surface area (TPSA) is 76.0 Å². The van der Waals surface area contributed by atoms with E-state index in [0.29, 0.717) is 52.1 Å². The first-order valence-electron chi connectivity index (χ1n) is 8.97. The number of nitrogens with zero attached hydrogens (tertiary/aromatic N) is 1. The van der Waals surface area contributed by atoms with Crippen molar-refractivity contribution in [3.05, 3.63) is 40.1 Å². The van der Waals surface area contributed by atoms with Gasteiger partial charge in [-0.2, -0.15) is 0 Å². The Morgan fingerprint density at radius 1 is 1.04 bits per heavy atom. The number of aryl methyl sites for hydroxylation is 1. The fourth-order valence-electron chi connectivity index (χ4n) is 4.16. The lowest BCUT2D eigenvalue weighted by atomic mass is 9.94. The molecule has 146 valence electrons. The van der Waals surface area contributed by atoms with Gasteiger partial charge in [0.2, 0.25) is 11.2 Å². The SMILES string of the molecule is COc1c(OC)c2c3c(c1OC)c(=O)c1ccccc1n3CCC2OC(C)=O. The molecule has 0 saturated carbocycles. The third-order valence-electron chi connectivity index (χ3n) is 5.17. The van der Waals surface area contributed by atoms with Gasteiger partial charge in [-0.05, 0) is 12.1 Å². The van der Waals surface area contributed by atoms with Gasteiger partial charge in [0.05, 0.1) is 43.3 Å². The number of benzene rings is 2. The first kappa shape index (κ1) is 18.2. The second-order valence-corrected chi connectivity index (χ2v) is 6.62. The highest BCUT2D eigenvalue weighted by atomic mass is 16.5. The number of carbonyl (C=O) groups excluding carboxylic acids is 1. The third-order valence-corrected chi connectivity index (χ3v) is 5.17. The van der Waals surface area contributed by atoms with E-state index in [2.05, 4.69) is 4.57 Å². The number of hydrogen-bond acceptors (Lipinski definition) is 6. The smallest absolute Gasteiger partial charge is 0.303 e. The molecule has 2 aromatic carbocycles. The summed E-state index contributed by atoms with van der Waals surface area (Å²) in [6.45, 7) is 1.95. The van der Waals surface area contributed by atoms with E-state index in [1.807, 2.05) is 18.2 Å². The van der Waals surface area contributed by atoms with Gasteiger partial charge < -0.3 is 23.5 Å². The maximum atomic E-state index is 13.4. The highest BCUT2D eigenvalue weighted by Crippen LogP contribution is 2.51. The predicted molar refractivity (Wildman–Crippen MR) is 104 cm³/mol. The van der Waals surface area contributed by atoms with Crippen LogP contribution >= 0.6 is 0 Å². The Kier molecular flexibility index (Phi) is 4.37. The zero-order valence-electron chi connectivity index (χ0n) is 16.2. The summed E-state index contributed by atoms with van der Waals surface area (Å²) in [5.41, 5.74) is 1.93. The van der Waals surface area contributed by atoms with Crippen LogP contribution in [-0.4, -0.2) is 31.9 Å². The van der Waals surface area contributed by atoms with Crippen molar-refractivity contribution in [1.29, 1.82) is 0 Å². The number of aromatic nitrogens is 1. The van der Waals surface area contributed by atoms with Crippen molar-refractivity contribution in [3.63, 3.8) is 0 Å². The molecule has 1 aliphatic rings. The molecular weight excluding hydrogens is 362 g/mol. The molecule has 0 fully saturated rings. The molecule has 1 atom stereocenters. The monoisotopic (exact) mass is 383 g/mol. The maximum Gasteiger partial charge on any atom is 0.303 e. The lowest BCUT2D eigenvalue weighted by Gasteiger charge is -2.31. The molecule has 0 saturated heterocycles. The molecule has 3 aromatic rings. The molecular formula is C21H21NO6. The molecule has 1 aromatic heterocycles. The zero-order valence-corrected chi connectivity index (χ0v) is 16.2. The lowest BCUT2D eigenvalue weighted by Crippen LogP contribution is -2.23. The van der Waals surface area contributed by atoms with E-state index in [4.69, 9.17) is 18.9 Å². The Hall–Kier alpha value is -3.22. The molecule has 0 amide bonds. The quantitative estimate of drug-likeness (QED) is 0.509. The van der Waals surface area contributed by atoms with Gasteiger partial charge in [0, 0.05) is 25.3 Å². The van der Waals surface area contributed by atoms with Crippen LogP contribution in [0.25, 0.3) is 21.8 Å². The summed E-state index contributed by atoms with van der Waals surface area (Å²) in [6.07, 6.45) is 0.00994. The van der Waals surface area contributed by atoms with Crippen molar-refractivity contribution in [2.45, 2.75) is 26.0 Å². The highest BCUT2D eigenvalue weighted by Gasteiger charge is 2.35. The minimum Gasteiger partial charge on any atom is -0.492 e. The van der Waals surface area contributed by atoms with Crippen LogP contribution in [0.1, 0.15) is 25.0 Å². The summed E-state index contributed by atoms with van der Waals surface area (Å²) in [6, 6.07) is 7.44. The number of carbonyl (C=O) groups is 1. The van der Waals surface area contributed by atoms with Gasteiger partial charge in [0.25, 0.3) is 0 Å². The van der Waals surface area contributed by atoms with E-state index >= 15 is 0 Å².